The topological polar surface area (TPSA) is 67.9 Å². The maximum absolute atomic E-state index is 12.9. The van der Waals surface area contributed by atoms with Crippen molar-refractivity contribution in [2.24, 2.45) is 23.7 Å². The van der Waals surface area contributed by atoms with Crippen LogP contribution in [0, 0.1) is 23.7 Å². The van der Waals surface area contributed by atoms with E-state index < -0.39 is 0 Å². The van der Waals surface area contributed by atoms with Gasteiger partial charge in [0.25, 0.3) is 0 Å². The molecule has 1 amide bonds. The Morgan fingerprint density at radius 2 is 1.93 bits per heavy atom. The summed E-state index contributed by atoms with van der Waals surface area (Å²) in [5, 5.41) is 4.72. The van der Waals surface area contributed by atoms with E-state index in [9.17, 15) is 9.59 Å². The lowest BCUT2D eigenvalue weighted by Crippen LogP contribution is -2.29. The molecule has 3 fully saturated rings. The van der Waals surface area contributed by atoms with E-state index in [1.54, 1.807) is 0 Å². The predicted octanol–water partition coefficient (Wildman–Crippen LogP) is 4.15. The van der Waals surface area contributed by atoms with Gasteiger partial charge in [0.2, 0.25) is 5.91 Å². The van der Waals surface area contributed by atoms with Crippen LogP contribution in [0.4, 0.5) is 5.69 Å². The van der Waals surface area contributed by atoms with Crippen LogP contribution in [0.2, 0.25) is 0 Å². The minimum atomic E-state index is -0.150. The number of carbonyl (C=O) groups excluding carboxylic acids is 2. The van der Waals surface area contributed by atoms with Crippen molar-refractivity contribution in [3.05, 3.63) is 36.4 Å². The van der Waals surface area contributed by atoms with Gasteiger partial charge < -0.3 is 14.8 Å². The Labute approximate surface area is 164 Å². The summed E-state index contributed by atoms with van der Waals surface area (Å²) in [6, 6.07) is 11.3. The molecule has 5 nitrogen and oxygen atoms in total. The normalized spacial score (nSPS) is 30.7. The number of fused-ring (bicyclic) bond motifs is 6. The predicted molar refractivity (Wildman–Crippen MR) is 106 cm³/mol. The van der Waals surface area contributed by atoms with E-state index in [1.165, 1.54) is 0 Å². The fourth-order valence-electron chi connectivity index (χ4n) is 4.98. The number of nitrogens with one attached hydrogen (secondary N) is 1. The summed E-state index contributed by atoms with van der Waals surface area (Å²) in [4.78, 5) is 25.2. The van der Waals surface area contributed by atoms with Crippen LogP contribution in [0.5, 0.6) is 5.75 Å². The smallest absolute Gasteiger partial charge is 0.314 e. The number of epoxide rings is 1. The van der Waals surface area contributed by atoms with Gasteiger partial charge >= 0.3 is 5.97 Å². The molecular weight excluding hydrogens is 354 g/mol. The van der Waals surface area contributed by atoms with Gasteiger partial charge in [-0.2, -0.15) is 0 Å². The molecule has 2 aromatic rings. The van der Waals surface area contributed by atoms with E-state index in [-0.39, 0.29) is 29.8 Å². The van der Waals surface area contributed by atoms with E-state index in [4.69, 9.17) is 9.47 Å². The van der Waals surface area contributed by atoms with Crippen LogP contribution < -0.4 is 10.1 Å². The molecule has 2 bridgehead atoms. The van der Waals surface area contributed by atoms with E-state index in [0.29, 0.717) is 23.7 Å². The number of ether oxygens (including phenoxy) is 2. The van der Waals surface area contributed by atoms with Gasteiger partial charge in [-0.25, -0.2) is 0 Å². The van der Waals surface area contributed by atoms with Crippen LogP contribution >= 0.6 is 0 Å². The SMILES string of the molecule is CCC(C)C(=O)Nc1cccc2c(OC(=O)C3CC4CC3C3OC43)cccc12. The van der Waals surface area contributed by atoms with E-state index in [0.717, 1.165) is 35.7 Å². The zero-order chi connectivity index (χ0) is 19.4. The Morgan fingerprint density at radius 3 is 2.68 bits per heavy atom. The Kier molecular flexibility index (Phi) is 4.16. The summed E-state index contributed by atoms with van der Waals surface area (Å²) in [6.07, 6.45) is 3.45. The highest BCUT2D eigenvalue weighted by Gasteiger charge is 2.65. The lowest BCUT2D eigenvalue weighted by molar-refractivity contribution is -0.140. The number of benzene rings is 2. The third kappa shape index (κ3) is 2.80. The molecule has 3 aliphatic rings. The van der Waals surface area contributed by atoms with Gasteiger partial charge in [0.05, 0.1) is 18.1 Å². The molecule has 1 aliphatic heterocycles. The van der Waals surface area contributed by atoms with Gasteiger partial charge in [0.1, 0.15) is 5.75 Å². The lowest BCUT2D eigenvalue weighted by Gasteiger charge is -2.19. The largest absolute Gasteiger partial charge is 0.426 e. The van der Waals surface area contributed by atoms with Gasteiger partial charge in [-0.3, -0.25) is 9.59 Å². The molecule has 5 rings (SSSR count). The molecule has 6 atom stereocenters. The van der Waals surface area contributed by atoms with Crippen LogP contribution in [0.15, 0.2) is 36.4 Å². The monoisotopic (exact) mass is 379 g/mol. The maximum Gasteiger partial charge on any atom is 0.314 e. The highest BCUT2D eigenvalue weighted by molar-refractivity contribution is 6.05. The minimum Gasteiger partial charge on any atom is -0.426 e. The molecule has 2 aromatic carbocycles. The summed E-state index contributed by atoms with van der Waals surface area (Å²) < 4.78 is 11.5. The van der Waals surface area contributed by atoms with Crippen LogP contribution in [0.1, 0.15) is 33.1 Å². The van der Waals surface area contributed by atoms with Crippen molar-refractivity contribution in [2.75, 3.05) is 5.32 Å². The first kappa shape index (κ1) is 17.7. The number of hydrogen-bond donors (Lipinski definition) is 1. The molecule has 1 heterocycles. The summed E-state index contributed by atoms with van der Waals surface area (Å²) >= 11 is 0. The third-order valence-electron chi connectivity index (χ3n) is 6.81. The molecule has 5 heteroatoms. The average molecular weight is 379 g/mol. The van der Waals surface area contributed by atoms with Crippen molar-refractivity contribution in [1.82, 2.24) is 0 Å². The fraction of sp³-hybridized carbons (Fsp3) is 0.478. The van der Waals surface area contributed by atoms with Crippen LogP contribution in [0.25, 0.3) is 10.8 Å². The number of rotatable bonds is 5. The fourth-order valence-corrected chi connectivity index (χ4v) is 4.98. The molecule has 2 saturated carbocycles. The van der Waals surface area contributed by atoms with Crippen molar-refractivity contribution in [3.63, 3.8) is 0 Å². The molecule has 0 aromatic heterocycles. The van der Waals surface area contributed by atoms with Gasteiger partial charge in [-0.1, -0.05) is 38.1 Å². The molecule has 6 unspecified atom stereocenters. The van der Waals surface area contributed by atoms with Crippen LogP contribution in [-0.2, 0) is 14.3 Å². The second-order valence-corrected chi connectivity index (χ2v) is 8.44. The molecule has 0 spiro atoms. The first-order chi connectivity index (χ1) is 13.6. The van der Waals surface area contributed by atoms with Crippen molar-refractivity contribution in [1.29, 1.82) is 0 Å². The number of carbonyl (C=O) groups is 2. The molecule has 1 N–H and O–H groups in total. The average Bonchev–Trinajstić information content (AvgIpc) is 3.31. The Morgan fingerprint density at radius 1 is 1.14 bits per heavy atom. The van der Waals surface area contributed by atoms with Gasteiger partial charge in [0, 0.05) is 28.3 Å². The third-order valence-corrected chi connectivity index (χ3v) is 6.81. The standard InChI is InChI=1S/C23H25NO4/c1-3-12(2)22(25)24-18-8-4-7-15-14(18)6-5-9-19(15)27-23(26)17-11-13-10-16(17)21-20(13)28-21/h4-9,12-13,16-17,20-21H,3,10-11H2,1-2H3,(H,24,25). The Balaban J connectivity index is 1.39. The van der Waals surface area contributed by atoms with Gasteiger partial charge in [-0.15, -0.1) is 0 Å². The van der Waals surface area contributed by atoms with E-state index in [1.807, 2.05) is 50.2 Å². The zero-order valence-corrected chi connectivity index (χ0v) is 16.2. The molecule has 0 radical (unpaired) electrons. The van der Waals surface area contributed by atoms with Crippen molar-refractivity contribution < 1.29 is 19.1 Å². The first-order valence-electron chi connectivity index (χ1n) is 10.3. The summed E-state index contributed by atoms with van der Waals surface area (Å²) in [5.41, 5.74) is 0.745. The van der Waals surface area contributed by atoms with Crippen LogP contribution in [0.3, 0.4) is 0 Å². The van der Waals surface area contributed by atoms with Gasteiger partial charge in [0.15, 0.2) is 0 Å². The summed E-state index contributed by atoms with van der Waals surface area (Å²) in [5.74, 6) is 1.14. The number of hydrogen-bond acceptors (Lipinski definition) is 4. The Hall–Kier alpha value is -2.40. The molecule has 28 heavy (non-hydrogen) atoms. The number of amides is 1. The first-order valence-corrected chi connectivity index (χ1v) is 10.3. The maximum atomic E-state index is 12.9. The van der Waals surface area contributed by atoms with Gasteiger partial charge in [-0.05, 0) is 37.3 Å². The minimum absolute atomic E-state index is 0.00151. The highest BCUT2D eigenvalue weighted by atomic mass is 16.6. The summed E-state index contributed by atoms with van der Waals surface area (Å²) in [7, 11) is 0. The number of anilines is 1. The second-order valence-electron chi connectivity index (χ2n) is 8.44. The summed E-state index contributed by atoms with van der Waals surface area (Å²) in [6.45, 7) is 3.91. The van der Waals surface area contributed by atoms with Crippen LogP contribution in [-0.4, -0.2) is 24.1 Å². The van der Waals surface area contributed by atoms with E-state index >= 15 is 0 Å². The zero-order valence-electron chi connectivity index (χ0n) is 16.2. The van der Waals surface area contributed by atoms with Crippen molar-refractivity contribution in [3.8, 4) is 5.75 Å². The highest BCUT2D eigenvalue weighted by Crippen LogP contribution is 2.59. The van der Waals surface area contributed by atoms with Crippen molar-refractivity contribution >= 4 is 28.3 Å². The lowest BCUT2D eigenvalue weighted by atomic mass is 9.89. The molecular formula is C23H25NO4. The second kappa shape index (κ2) is 6.59. The Bertz CT molecular complexity index is 955. The quantitative estimate of drug-likeness (QED) is 0.481. The molecule has 1 saturated heterocycles. The molecule has 146 valence electrons. The molecule has 2 aliphatic carbocycles. The number of esters is 1. The van der Waals surface area contributed by atoms with E-state index in [2.05, 4.69) is 5.32 Å². The van der Waals surface area contributed by atoms with Crippen molar-refractivity contribution in [2.45, 2.75) is 45.3 Å².